The summed E-state index contributed by atoms with van der Waals surface area (Å²) in [4.78, 5) is 48.3. The van der Waals surface area contributed by atoms with E-state index in [1.54, 1.807) is 0 Å². The number of aryl methyl sites for hydroxylation is 2. The van der Waals surface area contributed by atoms with Crippen molar-refractivity contribution in [2.45, 2.75) is 44.9 Å². The maximum absolute atomic E-state index is 13.2. The average Bonchev–Trinajstić information content (AvgIpc) is 3.63. The third kappa shape index (κ3) is 6.41. The minimum atomic E-state index is -0.470. The van der Waals surface area contributed by atoms with Gasteiger partial charge < -0.3 is 28.7 Å². The van der Waals surface area contributed by atoms with Gasteiger partial charge in [0.05, 0.1) is 39.6 Å². The minimum Gasteiger partial charge on any atom is -0.371 e. The molecule has 2 aromatic heterocycles. The zero-order valence-electron chi connectivity index (χ0n) is 32.3. The van der Waals surface area contributed by atoms with Crippen molar-refractivity contribution in [3.05, 3.63) is 81.6 Å². The topological polar surface area (TPSA) is 134 Å². The fourth-order valence-electron chi connectivity index (χ4n) is 9.31. The quantitative estimate of drug-likeness (QED) is 0.221. The first-order valence-electron chi connectivity index (χ1n) is 19.8. The summed E-state index contributed by atoms with van der Waals surface area (Å²) in [6.45, 7) is 8.93. The van der Waals surface area contributed by atoms with Gasteiger partial charge in [-0.1, -0.05) is 5.16 Å². The van der Waals surface area contributed by atoms with Gasteiger partial charge in [-0.3, -0.25) is 19.8 Å². The maximum atomic E-state index is 13.2. The van der Waals surface area contributed by atoms with E-state index in [1.165, 1.54) is 10.5 Å². The Hall–Kier alpha value is -5.87. The number of fused-ring (bicyclic) bond motifs is 3. The second-order valence-electron chi connectivity index (χ2n) is 16.0. The summed E-state index contributed by atoms with van der Waals surface area (Å²) in [7, 11) is 3.98. The summed E-state index contributed by atoms with van der Waals surface area (Å²) in [5, 5.41) is 18.1. The van der Waals surface area contributed by atoms with Crippen LogP contribution in [0.15, 0.2) is 63.9 Å². The smallest absolute Gasteiger partial charge is 0.329 e. The standard InChI is InChI=1S/C43H47N9O4/c1-27-20-34-36(48(3)42(27)54)22-31(23-37(34)51-19-18-47(2)35-7-4-29(25-44)21-38(35)51)30-10-13-49(14-11-30)26-28-8-15-50(16-9-28)32-5-6-33-39(24-32)56-46-41(33)52-17-12-40(53)45-43(52)55/h4-7,20-24,28,30H,8-19,26H2,1-3H3,(H,45,53,55). The molecule has 3 fully saturated rings. The molecule has 3 aromatic carbocycles. The monoisotopic (exact) mass is 753 g/mol. The zero-order chi connectivity index (χ0) is 38.7. The summed E-state index contributed by atoms with van der Waals surface area (Å²) >= 11 is 0. The third-order valence-corrected chi connectivity index (χ3v) is 12.6. The predicted molar refractivity (Wildman–Crippen MR) is 218 cm³/mol. The number of likely N-dealkylation sites (tertiary alicyclic amines) is 1. The van der Waals surface area contributed by atoms with Crippen LogP contribution in [0, 0.1) is 24.2 Å². The Kier molecular flexibility index (Phi) is 9.16. The van der Waals surface area contributed by atoms with E-state index < -0.39 is 6.03 Å². The fraction of sp³-hybridized carbons (Fsp3) is 0.419. The van der Waals surface area contributed by atoms with Gasteiger partial charge in [0, 0.05) is 82.5 Å². The van der Waals surface area contributed by atoms with E-state index in [2.05, 4.69) is 61.4 Å². The average molecular weight is 754 g/mol. The van der Waals surface area contributed by atoms with E-state index in [0.29, 0.717) is 28.8 Å². The van der Waals surface area contributed by atoms with Crippen LogP contribution in [0.1, 0.15) is 54.7 Å². The van der Waals surface area contributed by atoms with Crippen LogP contribution in [0.2, 0.25) is 0 Å². The van der Waals surface area contributed by atoms with E-state index in [9.17, 15) is 19.6 Å². The molecule has 13 heteroatoms. The normalized spacial score (nSPS) is 18.8. The molecular formula is C43H47N9O4. The lowest BCUT2D eigenvalue weighted by Crippen LogP contribution is -2.49. The SMILES string of the molecule is Cc1cc2c(N3CCN(C)c4ccc(C#N)cc43)cc(C3CCN(CC4CCN(c5ccc6c(N7CCC(=O)NC7=O)noc6c5)CC4)CC3)cc2n(C)c1=O. The van der Waals surface area contributed by atoms with Crippen molar-refractivity contribution in [1.82, 2.24) is 19.9 Å². The Morgan fingerprint density at radius 2 is 1.62 bits per heavy atom. The van der Waals surface area contributed by atoms with E-state index in [4.69, 9.17) is 4.52 Å². The van der Waals surface area contributed by atoms with E-state index in [0.717, 1.165) is 116 Å². The number of carbonyl (C=O) groups excluding carboxylic acids is 2. The highest BCUT2D eigenvalue weighted by molar-refractivity contribution is 6.08. The molecular weight excluding hydrogens is 707 g/mol. The number of likely N-dealkylation sites (N-methyl/N-ethyl adjacent to an activating group) is 1. The van der Waals surface area contributed by atoms with Crippen LogP contribution >= 0.6 is 0 Å². The van der Waals surface area contributed by atoms with Gasteiger partial charge in [-0.25, -0.2) is 4.79 Å². The highest BCUT2D eigenvalue weighted by atomic mass is 16.5. The number of benzene rings is 3. The number of urea groups is 1. The van der Waals surface area contributed by atoms with E-state index in [1.807, 2.05) is 54.9 Å². The molecule has 4 aliphatic heterocycles. The number of amides is 3. The molecule has 0 radical (unpaired) electrons. The van der Waals surface area contributed by atoms with Crippen LogP contribution in [-0.4, -0.2) is 86.0 Å². The molecule has 0 saturated carbocycles. The molecule has 4 aliphatic rings. The van der Waals surface area contributed by atoms with Gasteiger partial charge in [0.1, 0.15) is 0 Å². The number of hydrogen-bond donors (Lipinski definition) is 1. The lowest BCUT2D eigenvalue weighted by Gasteiger charge is -2.39. The summed E-state index contributed by atoms with van der Waals surface area (Å²) in [5.74, 6) is 1.19. The molecule has 0 unspecified atom stereocenters. The van der Waals surface area contributed by atoms with E-state index >= 15 is 0 Å². The largest absolute Gasteiger partial charge is 0.371 e. The summed E-state index contributed by atoms with van der Waals surface area (Å²) < 4.78 is 7.46. The van der Waals surface area contributed by atoms with Crippen molar-refractivity contribution < 1.29 is 14.1 Å². The summed E-state index contributed by atoms with van der Waals surface area (Å²) in [6, 6.07) is 20.5. The Morgan fingerprint density at radius 3 is 2.39 bits per heavy atom. The van der Waals surface area contributed by atoms with Crippen molar-refractivity contribution in [3.8, 4) is 6.07 Å². The van der Waals surface area contributed by atoms with Crippen molar-refractivity contribution >= 4 is 62.4 Å². The predicted octanol–water partition coefficient (Wildman–Crippen LogP) is 5.99. The van der Waals surface area contributed by atoms with Crippen LogP contribution in [0.4, 0.5) is 33.4 Å². The number of imide groups is 1. The van der Waals surface area contributed by atoms with Gasteiger partial charge in [0.2, 0.25) is 5.91 Å². The number of hydrogen-bond acceptors (Lipinski definition) is 10. The molecule has 9 rings (SSSR count). The molecule has 5 aromatic rings. The van der Waals surface area contributed by atoms with Gasteiger partial charge >= 0.3 is 6.03 Å². The first-order chi connectivity index (χ1) is 27.1. The Labute approximate surface area is 325 Å². The van der Waals surface area contributed by atoms with Gasteiger partial charge in [0.25, 0.3) is 5.56 Å². The van der Waals surface area contributed by atoms with Gasteiger partial charge in [-0.2, -0.15) is 5.26 Å². The molecule has 13 nitrogen and oxygen atoms in total. The molecule has 0 bridgehead atoms. The van der Waals surface area contributed by atoms with Crippen LogP contribution in [0.25, 0.3) is 21.9 Å². The molecule has 0 atom stereocenters. The van der Waals surface area contributed by atoms with Crippen molar-refractivity contribution in [1.29, 1.82) is 5.26 Å². The van der Waals surface area contributed by atoms with Crippen molar-refractivity contribution in [2.75, 3.05) is 79.0 Å². The number of pyridine rings is 1. The molecule has 6 heterocycles. The highest BCUT2D eigenvalue weighted by Crippen LogP contribution is 2.43. The highest BCUT2D eigenvalue weighted by Gasteiger charge is 2.31. The van der Waals surface area contributed by atoms with Gasteiger partial charge in [-0.15, -0.1) is 0 Å². The second-order valence-corrected chi connectivity index (χ2v) is 16.0. The molecule has 3 amide bonds. The van der Waals surface area contributed by atoms with Gasteiger partial charge in [-0.05, 0) is 112 Å². The van der Waals surface area contributed by atoms with Crippen LogP contribution < -0.4 is 30.5 Å². The van der Waals surface area contributed by atoms with Gasteiger partial charge in [0.15, 0.2) is 11.4 Å². The number of piperidine rings is 2. The fourth-order valence-corrected chi connectivity index (χ4v) is 9.31. The zero-order valence-corrected chi connectivity index (χ0v) is 32.3. The number of carbonyl (C=O) groups is 2. The van der Waals surface area contributed by atoms with E-state index in [-0.39, 0.29) is 24.4 Å². The third-order valence-electron chi connectivity index (χ3n) is 12.6. The summed E-state index contributed by atoms with van der Waals surface area (Å²) in [5.41, 5.74) is 8.57. The molecule has 56 heavy (non-hydrogen) atoms. The minimum absolute atomic E-state index is 0.0302. The molecule has 3 saturated heterocycles. The Balaban J connectivity index is 0.869. The number of anilines is 5. The molecule has 0 spiro atoms. The number of aromatic nitrogens is 2. The lowest BCUT2D eigenvalue weighted by atomic mass is 9.87. The molecule has 1 N–H and O–H groups in total. The summed E-state index contributed by atoms with van der Waals surface area (Å²) in [6.07, 6.45) is 4.59. The lowest BCUT2D eigenvalue weighted by molar-refractivity contribution is -0.120. The van der Waals surface area contributed by atoms with Crippen molar-refractivity contribution in [3.63, 3.8) is 0 Å². The first kappa shape index (κ1) is 35.8. The van der Waals surface area contributed by atoms with Crippen LogP contribution in [0.3, 0.4) is 0 Å². The number of nitrogens with zero attached hydrogens (tertiary/aromatic N) is 8. The molecule has 0 aliphatic carbocycles. The molecule has 288 valence electrons. The second kappa shape index (κ2) is 14.3. The maximum Gasteiger partial charge on any atom is 0.329 e. The Morgan fingerprint density at radius 1 is 0.821 bits per heavy atom. The van der Waals surface area contributed by atoms with Crippen LogP contribution in [-0.2, 0) is 11.8 Å². The number of rotatable bonds is 6. The number of nitrogens with one attached hydrogen (secondary N) is 1. The Bertz CT molecular complexity index is 2470. The van der Waals surface area contributed by atoms with Crippen molar-refractivity contribution in [2.24, 2.45) is 13.0 Å². The number of nitriles is 1. The first-order valence-corrected chi connectivity index (χ1v) is 19.8. The van der Waals surface area contributed by atoms with Crippen LogP contribution in [0.5, 0.6) is 0 Å².